The number of hydrogen-bond acceptors (Lipinski definition) is 0. The largest absolute Gasteiger partial charge is 0.309 e. The van der Waals surface area contributed by atoms with Gasteiger partial charge in [-0.1, -0.05) is 109 Å². The van der Waals surface area contributed by atoms with E-state index in [1.54, 1.807) is 0 Å². The van der Waals surface area contributed by atoms with Crippen LogP contribution in [0, 0.1) is 0 Å². The standard InChI is InChI=1S/C54H30N4/c1-3-15-31(16-4-1)55-43-25-13-9-21-35(43)50-47(55)28-38-33-19-7-11-23-41(33)57-46-30-45-37(27-40(46)52(50)53(38)57)39-29-48-49(51-36-22-10-14-26-44(36)58(45)54(39)51)34-20-8-12-24-42(34)56(48)32-17-5-2-6-18-32/h1-30H. The third kappa shape index (κ3) is 3.30. The molecular formula is C54H30N4. The van der Waals surface area contributed by atoms with Crippen molar-refractivity contribution in [3.63, 3.8) is 0 Å². The molecule has 0 bridgehead atoms. The summed E-state index contributed by atoms with van der Waals surface area (Å²) >= 11 is 0. The first-order chi connectivity index (χ1) is 28.8. The zero-order valence-electron chi connectivity index (χ0n) is 31.1. The fourth-order valence-electron chi connectivity index (χ4n) is 11.2. The van der Waals surface area contributed by atoms with Crippen molar-refractivity contribution in [1.29, 1.82) is 0 Å². The molecule has 0 unspecified atom stereocenters. The van der Waals surface area contributed by atoms with E-state index in [-0.39, 0.29) is 0 Å². The van der Waals surface area contributed by atoms with Gasteiger partial charge in [-0.3, -0.25) is 0 Å². The maximum atomic E-state index is 2.56. The van der Waals surface area contributed by atoms with Gasteiger partial charge < -0.3 is 17.9 Å². The van der Waals surface area contributed by atoms with Crippen LogP contribution in [0.5, 0.6) is 0 Å². The predicted octanol–water partition coefficient (Wildman–Crippen LogP) is 14.2. The minimum absolute atomic E-state index is 1.17. The first kappa shape index (κ1) is 29.5. The first-order valence-electron chi connectivity index (χ1n) is 20.1. The summed E-state index contributed by atoms with van der Waals surface area (Å²) in [6.07, 6.45) is 0. The quantitative estimate of drug-likeness (QED) is 0.168. The topological polar surface area (TPSA) is 18.7 Å². The van der Waals surface area contributed by atoms with Gasteiger partial charge in [-0.25, -0.2) is 0 Å². The Morgan fingerprint density at radius 3 is 1.17 bits per heavy atom. The van der Waals surface area contributed by atoms with Crippen LogP contribution in [-0.4, -0.2) is 17.9 Å². The summed E-state index contributed by atoms with van der Waals surface area (Å²) in [5.74, 6) is 0. The summed E-state index contributed by atoms with van der Waals surface area (Å²) in [4.78, 5) is 0. The Kier molecular flexibility index (Phi) is 5.14. The number of hydrogen-bond donors (Lipinski definition) is 0. The monoisotopic (exact) mass is 734 g/mol. The Morgan fingerprint density at radius 1 is 0.224 bits per heavy atom. The van der Waals surface area contributed by atoms with Crippen LogP contribution in [0.2, 0.25) is 0 Å². The number of aromatic nitrogens is 4. The molecule has 4 heteroatoms. The van der Waals surface area contributed by atoms with Gasteiger partial charge in [0, 0.05) is 76.0 Å². The number of fused-ring (bicyclic) bond motifs is 20. The molecule has 0 amide bonds. The zero-order chi connectivity index (χ0) is 37.4. The lowest BCUT2D eigenvalue weighted by molar-refractivity contribution is 1.18. The molecular weight excluding hydrogens is 705 g/mol. The molecule has 15 aromatic rings. The highest BCUT2D eigenvalue weighted by atomic mass is 15.0. The third-order valence-electron chi connectivity index (χ3n) is 13.3. The molecule has 0 radical (unpaired) electrons. The average Bonchev–Trinajstić information content (AvgIpc) is 4.11. The second-order valence-corrected chi connectivity index (χ2v) is 16.1. The highest BCUT2D eigenvalue weighted by molar-refractivity contribution is 6.39. The van der Waals surface area contributed by atoms with E-state index in [4.69, 9.17) is 0 Å². The van der Waals surface area contributed by atoms with Crippen LogP contribution >= 0.6 is 0 Å². The van der Waals surface area contributed by atoms with E-state index in [0.29, 0.717) is 0 Å². The van der Waals surface area contributed by atoms with Gasteiger partial charge in [-0.05, 0) is 72.8 Å². The summed E-state index contributed by atoms with van der Waals surface area (Å²) in [5.41, 5.74) is 14.8. The molecule has 0 aliphatic carbocycles. The van der Waals surface area contributed by atoms with E-state index in [0.717, 1.165) is 0 Å². The molecule has 0 saturated carbocycles. The molecule has 0 aliphatic rings. The van der Waals surface area contributed by atoms with Gasteiger partial charge in [0.1, 0.15) is 0 Å². The molecule has 266 valence electrons. The summed E-state index contributed by atoms with van der Waals surface area (Å²) in [5, 5.41) is 15.5. The van der Waals surface area contributed by atoms with E-state index in [1.807, 2.05) is 0 Å². The highest BCUT2D eigenvalue weighted by Gasteiger charge is 2.28. The van der Waals surface area contributed by atoms with Crippen LogP contribution in [0.4, 0.5) is 0 Å². The molecule has 4 nitrogen and oxygen atoms in total. The van der Waals surface area contributed by atoms with Crippen LogP contribution in [0.15, 0.2) is 182 Å². The van der Waals surface area contributed by atoms with Crippen LogP contribution in [-0.2, 0) is 0 Å². The van der Waals surface area contributed by atoms with E-state index >= 15 is 0 Å². The van der Waals surface area contributed by atoms with Crippen molar-refractivity contribution in [1.82, 2.24) is 17.9 Å². The second kappa shape index (κ2) is 10.1. The van der Waals surface area contributed by atoms with Crippen LogP contribution in [0.25, 0.3) is 131 Å². The van der Waals surface area contributed by atoms with Crippen molar-refractivity contribution in [2.75, 3.05) is 0 Å². The van der Waals surface area contributed by atoms with Crippen molar-refractivity contribution in [2.24, 2.45) is 0 Å². The lowest BCUT2D eigenvalue weighted by atomic mass is 9.99. The molecule has 6 heterocycles. The van der Waals surface area contributed by atoms with Crippen LogP contribution < -0.4 is 0 Å². The van der Waals surface area contributed by atoms with Crippen molar-refractivity contribution >= 4 is 120 Å². The molecule has 0 aliphatic heterocycles. The van der Waals surface area contributed by atoms with Gasteiger partial charge in [0.25, 0.3) is 0 Å². The summed E-state index contributed by atoms with van der Waals surface area (Å²) < 4.78 is 10.1. The average molecular weight is 735 g/mol. The fraction of sp³-hybridized carbons (Fsp3) is 0. The van der Waals surface area contributed by atoms with E-state index in [1.165, 1.54) is 131 Å². The zero-order valence-corrected chi connectivity index (χ0v) is 31.1. The Hall–Kier alpha value is -7.82. The molecule has 0 fully saturated rings. The Labute approximate surface area is 329 Å². The van der Waals surface area contributed by atoms with E-state index in [9.17, 15) is 0 Å². The van der Waals surface area contributed by atoms with Crippen LogP contribution in [0.3, 0.4) is 0 Å². The fourth-order valence-corrected chi connectivity index (χ4v) is 11.2. The Balaban J connectivity index is 1.21. The smallest absolute Gasteiger partial charge is 0.0628 e. The molecule has 0 atom stereocenters. The number of benzene rings is 9. The van der Waals surface area contributed by atoms with Gasteiger partial charge in [0.15, 0.2) is 0 Å². The number of rotatable bonds is 2. The predicted molar refractivity (Wildman–Crippen MR) is 244 cm³/mol. The van der Waals surface area contributed by atoms with Gasteiger partial charge >= 0.3 is 0 Å². The minimum atomic E-state index is 1.17. The third-order valence-corrected chi connectivity index (χ3v) is 13.3. The Morgan fingerprint density at radius 2 is 0.621 bits per heavy atom. The lowest BCUT2D eigenvalue weighted by Gasteiger charge is -2.08. The SMILES string of the molecule is c1ccc(-n2c3ccccc3c3c4c5ccccc5n5c6cc7c(cc6c(cc32)c45)c2c3c4ccccc4n(-c4ccccc4)c3cc3c4ccccc4n7c32)cc1. The first-order valence-corrected chi connectivity index (χ1v) is 20.1. The summed E-state index contributed by atoms with van der Waals surface area (Å²) in [6.45, 7) is 0. The van der Waals surface area contributed by atoms with Gasteiger partial charge in [0.2, 0.25) is 0 Å². The molecule has 58 heavy (non-hydrogen) atoms. The lowest BCUT2D eigenvalue weighted by Crippen LogP contribution is -1.92. The van der Waals surface area contributed by atoms with Crippen molar-refractivity contribution in [2.45, 2.75) is 0 Å². The minimum Gasteiger partial charge on any atom is -0.309 e. The molecule has 9 aromatic carbocycles. The van der Waals surface area contributed by atoms with Gasteiger partial charge in [-0.2, -0.15) is 0 Å². The van der Waals surface area contributed by atoms with E-state index < -0.39 is 0 Å². The number of nitrogens with zero attached hydrogens (tertiary/aromatic N) is 4. The second-order valence-electron chi connectivity index (χ2n) is 16.1. The normalized spacial score (nSPS) is 12.8. The summed E-state index contributed by atoms with van der Waals surface area (Å²) in [6, 6.07) is 67.6. The van der Waals surface area contributed by atoms with E-state index in [2.05, 4.69) is 200 Å². The maximum Gasteiger partial charge on any atom is 0.0628 e. The van der Waals surface area contributed by atoms with Crippen LogP contribution in [0.1, 0.15) is 0 Å². The maximum absolute atomic E-state index is 2.56. The van der Waals surface area contributed by atoms with Gasteiger partial charge in [0.05, 0.1) is 55.2 Å². The molecule has 0 spiro atoms. The highest BCUT2D eigenvalue weighted by Crippen LogP contribution is 2.51. The van der Waals surface area contributed by atoms with Crippen molar-refractivity contribution < 1.29 is 0 Å². The van der Waals surface area contributed by atoms with Crippen molar-refractivity contribution in [3.05, 3.63) is 182 Å². The molecule has 0 N–H and O–H groups in total. The molecule has 15 rings (SSSR count). The van der Waals surface area contributed by atoms with Crippen molar-refractivity contribution in [3.8, 4) is 11.4 Å². The molecule has 6 aromatic heterocycles. The summed E-state index contributed by atoms with van der Waals surface area (Å²) in [7, 11) is 0. The number of para-hydroxylation sites is 6. The molecule has 0 saturated heterocycles. The Bertz CT molecular complexity index is 4230. The van der Waals surface area contributed by atoms with Gasteiger partial charge in [-0.15, -0.1) is 0 Å².